The normalized spacial score (nSPS) is 10.1. The molecule has 76 valence electrons. The topological polar surface area (TPSA) is 86.7 Å². The fourth-order valence-electron chi connectivity index (χ4n) is 1.06. The summed E-state index contributed by atoms with van der Waals surface area (Å²) in [5.74, 6) is 0. The van der Waals surface area contributed by atoms with Gasteiger partial charge in [-0.25, -0.2) is 0 Å². The highest BCUT2D eigenvalue weighted by Gasteiger charge is 2.10. The third-order valence-electron chi connectivity index (χ3n) is 1.63. The number of rotatable bonds is 2. The monoisotopic (exact) mass is 221 g/mol. The van der Waals surface area contributed by atoms with Crippen LogP contribution in [0.2, 0.25) is 0 Å². The largest absolute Gasteiger partial charge is 0.360 e. The fourth-order valence-corrected chi connectivity index (χ4v) is 1.55. The van der Waals surface area contributed by atoms with Gasteiger partial charge in [0.25, 0.3) is 5.24 Å². The SMILES string of the molecule is NC(=O)Sc1nnnn1-c1ccccc1. The Morgan fingerprint density at radius 3 is 2.73 bits per heavy atom. The van der Waals surface area contributed by atoms with Crippen LogP contribution in [0.15, 0.2) is 35.5 Å². The minimum absolute atomic E-state index is 0.355. The van der Waals surface area contributed by atoms with Crippen molar-refractivity contribution in [2.24, 2.45) is 5.73 Å². The number of nitrogens with two attached hydrogens (primary N) is 1. The van der Waals surface area contributed by atoms with Crippen LogP contribution < -0.4 is 5.73 Å². The average molecular weight is 221 g/mol. The summed E-state index contributed by atoms with van der Waals surface area (Å²) in [6.07, 6.45) is 0. The molecule has 2 aromatic rings. The van der Waals surface area contributed by atoms with Gasteiger partial charge in [0.05, 0.1) is 5.69 Å². The molecule has 0 bridgehead atoms. The number of primary amides is 1. The maximum atomic E-state index is 10.7. The summed E-state index contributed by atoms with van der Waals surface area (Å²) in [6.45, 7) is 0. The Morgan fingerprint density at radius 1 is 1.33 bits per heavy atom. The van der Waals surface area contributed by atoms with Crippen LogP contribution >= 0.6 is 11.8 Å². The van der Waals surface area contributed by atoms with Crippen molar-refractivity contribution >= 4 is 17.0 Å². The lowest BCUT2D eigenvalue weighted by molar-refractivity contribution is 0.267. The molecule has 0 aliphatic carbocycles. The van der Waals surface area contributed by atoms with E-state index < -0.39 is 5.24 Å². The lowest BCUT2D eigenvalue weighted by Gasteiger charge is -2.00. The number of carbonyl (C=O) groups is 1. The van der Waals surface area contributed by atoms with Gasteiger partial charge >= 0.3 is 0 Å². The minimum atomic E-state index is -0.540. The molecule has 7 heteroatoms. The molecule has 0 aliphatic heterocycles. The van der Waals surface area contributed by atoms with Gasteiger partial charge in [0.1, 0.15) is 0 Å². The van der Waals surface area contributed by atoms with E-state index in [1.54, 1.807) is 0 Å². The van der Waals surface area contributed by atoms with Gasteiger partial charge in [0.15, 0.2) is 0 Å². The molecule has 1 amide bonds. The molecular weight excluding hydrogens is 214 g/mol. The maximum absolute atomic E-state index is 10.7. The average Bonchev–Trinajstić information content (AvgIpc) is 2.66. The van der Waals surface area contributed by atoms with Crippen molar-refractivity contribution in [1.82, 2.24) is 20.2 Å². The van der Waals surface area contributed by atoms with Gasteiger partial charge in [0.2, 0.25) is 5.16 Å². The van der Waals surface area contributed by atoms with Crippen molar-refractivity contribution in [3.8, 4) is 5.69 Å². The molecule has 1 aromatic carbocycles. The van der Waals surface area contributed by atoms with Crippen molar-refractivity contribution in [3.05, 3.63) is 30.3 Å². The van der Waals surface area contributed by atoms with Crippen LogP contribution in [0.3, 0.4) is 0 Å². The van der Waals surface area contributed by atoms with Crippen molar-refractivity contribution in [1.29, 1.82) is 0 Å². The van der Waals surface area contributed by atoms with E-state index in [-0.39, 0.29) is 0 Å². The van der Waals surface area contributed by atoms with E-state index in [9.17, 15) is 4.79 Å². The highest BCUT2D eigenvalue weighted by atomic mass is 32.2. The predicted molar refractivity (Wildman–Crippen MR) is 54.6 cm³/mol. The standard InChI is InChI=1S/C8H7N5OS/c9-7(14)15-8-10-11-12-13(8)6-4-2-1-3-5-6/h1-5H,(H2,9,14). The van der Waals surface area contributed by atoms with Crippen LogP contribution in [0.25, 0.3) is 5.69 Å². The molecule has 15 heavy (non-hydrogen) atoms. The summed E-state index contributed by atoms with van der Waals surface area (Å²) in [6, 6.07) is 9.27. The number of thioether (sulfide) groups is 1. The lowest BCUT2D eigenvalue weighted by Crippen LogP contribution is -2.05. The third-order valence-corrected chi connectivity index (χ3v) is 2.27. The molecule has 1 aromatic heterocycles. The summed E-state index contributed by atoms with van der Waals surface area (Å²) in [4.78, 5) is 10.7. The molecule has 6 nitrogen and oxygen atoms in total. The second kappa shape index (κ2) is 4.09. The molecule has 0 saturated carbocycles. The number of hydrogen-bond acceptors (Lipinski definition) is 5. The molecule has 2 N–H and O–H groups in total. The number of aromatic nitrogens is 4. The minimum Gasteiger partial charge on any atom is -0.360 e. The van der Waals surface area contributed by atoms with Gasteiger partial charge in [-0.2, -0.15) is 4.68 Å². The highest BCUT2D eigenvalue weighted by Crippen LogP contribution is 2.17. The summed E-state index contributed by atoms with van der Waals surface area (Å²) < 4.78 is 1.45. The Bertz CT molecular complexity index is 469. The van der Waals surface area contributed by atoms with E-state index in [2.05, 4.69) is 15.5 Å². The van der Waals surface area contributed by atoms with Crippen LogP contribution in [0.4, 0.5) is 4.79 Å². The van der Waals surface area contributed by atoms with Gasteiger partial charge in [-0.3, -0.25) is 4.79 Å². The molecule has 0 saturated heterocycles. The van der Waals surface area contributed by atoms with Crippen LogP contribution in [0, 0.1) is 0 Å². The van der Waals surface area contributed by atoms with E-state index in [4.69, 9.17) is 5.73 Å². The molecule has 0 fully saturated rings. The van der Waals surface area contributed by atoms with Crippen LogP contribution in [0.5, 0.6) is 0 Å². The first-order valence-electron chi connectivity index (χ1n) is 4.08. The van der Waals surface area contributed by atoms with E-state index in [0.29, 0.717) is 5.16 Å². The summed E-state index contributed by atoms with van der Waals surface area (Å²) in [5.41, 5.74) is 5.83. The molecule has 0 radical (unpaired) electrons. The Balaban J connectivity index is 2.37. The Morgan fingerprint density at radius 2 is 2.07 bits per heavy atom. The predicted octanol–water partition coefficient (Wildman–Crippen LogP) is 0.833. The zero-order valence-corrected chi connectivity index (χ0v) is 8.39. The van der Waals surface area contributed by atoms with E-state index >= 15 is 0 Å². The Kier molecular flexibility index (Phi) is 2.64. The number of benzene rings is 1. The van der Waals surface area contributed by atoms with Crippen molar-refractivity contribution in [3.63, 3.8) is 0 Å². The Labute approximate surface area is 89.5 Å². The van der Waals surface area contributed by atoms with Crippen molar-refractivity contribution in [2.75, 3.05) is 0 Å². The molecule has 0 spiro atoms. The molecule has 1 heterocycles. The molecule has 0 atom stereocenters. The first-order valence-corrected chi connectivity index (χ1v) is 4.90. The molecular formula is C8H7N5OS. The van der Waals surface area contributed by atoms with Crippen LogP contribution in [-0.2, 0) is 0 Å². The first-order chi connectivity index (χ1) is 7.27. The summed E-state index contributed by atoms with van der Waals surface area (Å²) in [7, 11) is 0. The maximum Gasteiger partial charge on any atom is 0.284 e. The zero-order chi connectivity index (χ0) is 10.7. The number of hydrogen-bond donors (Lipinski definition) is 1. The van der Waals surface area contributed by atoms with E-state index in [0.717, 1.165) is 17.4 Å². The molecule has 0 unspecified atom stereocenters. The highest BCUT2D eigenvalue weighted by molar-refractivity contribution is 8.13. The van der Waals surface area contributed by atoms with Gasteiger partial charge in [-0.15, -0.1) is 5.10 Å². The van der Waals surface area contributed by atoms with Gasteiger partial charge in [0, 0.05) is 11.8 Å². The lowest BCUT2D eigenvalue weighted by atomic mass is 10.3. The van der Waals surface area contributed by atoms with Crippen molar-refractivity contribution < 1.29 is 4.79 Å². The quantitative estimate of drug-likeness (QED) is 0.759. The van der Waals surface area contributed by atoms with Crippen molar-refractivity contribution in [2.45, 2.75) is 5.16 Å². The third kappa shape index (κ3) is 2.13. The number of carbonyl (C=O) groups excluding carboxylic acids is 1. The number of amides is 1. The van der Waals surface area contributed by atoms with Crippen LogP contribution in [-0.4, -0.2) is 25.4 Å². The second-order valence-corrected chi connectivity index (χ2v) is 3.60. The fraction of sp³-hybridized carbons (Fsp3) is 0. The van der Waals surface area contributed by atoms with Crippen LogP contribution in [0.1, 0.15) is 0 Å². The number of nitrogens with zero attached hydrogens (tertiary/aromatic N) is 4. The molecule has 2 rings (SSSR count). The Hall–Kier alpha value is -1.89. The molecule has 0 aliphatic rings. The van der Waals surface area contributed by atoms with Gasteiger partial charge < -0.3 is 5.73 Å². The smallest absolute Gasteiger partial charge is 0.284 e. The van der Waals surface area contributed by atoms with Gasteiger partial charge in [-0.1, -0.05) is 18.2 Å². The number of para-hydroxylation sites is 1. The second-order valence-electron chi connectivity index (χ2n) is 2.63. The van der Waals surface area contributed by atoms with Gasteiger partial charge in [-0.05, 0) is 22.6 Å². The summed E-state index contributed by atoms with van der Waals surface area (Å²) >= 11 is 0.792. The first kappa shape index (κ1) is 9.66. The van der Waals surface area contributed by atoms with E-state index in [1.165, 1.54) is 4.68 Å². The van der Waals surface area contributed by atoms with E-state index in [1.807, 2.05) is 30.3 Å². The summed E-state index contributed by atoms with van der Waals surface area (Å²) in [5, 5.41) is 10.8. The zero-order valence-electron chi connectivity index (χ0n) is 7.57. The number of tetrazole rings is 1.